The number of benzene rings is 2. The summed E-state index contributed by atoms with van der Waals surface area (Å²) in [7, 11) is 4.08. The van der Waals surface area contributed by atoms with E-state index < -0.39 is 0 Å². The number of hydrogen-bond donors (Lipinski definition) is 0. The lowest BCUT2D eigenvalue weighted by molar-refractivity contribution is 0.825. The molecule has 0 bridgehead atoms. The summed E-state index contributed by atoms with van der Waals surface area (Å²) < 4.78 is 0. The molecular formula is C17H20N2. The monoisotopic (exact) mass is 252 g/mol. The Kier molecular flexibility index (Phi) is 4.35. The summed E-state index contributed by atoms with van der Waals surface area (Å²) >= 11 is 0. The first-order chi connectivity index (χ1) is 9.16. The van der Waals surface area contributed by atoms with Crippen LogP contribution in [-0.4, -0.2) is 20.3 Å². The standard InChI is InChI=1S/C17H20N2/c1-14(16-7-5-4-6-8-16)18-13-15-9-11-17(12-10-15)19(2)3/h4-14H,1-3H3/t14-/m1/s1. The lowest BCUT2D eigenvalue weighted by Gasteiger charge is -2.12. The van der Waals surface area contributed by atoms with Gasteiger partial charge in [-0.05, 0) is 30.2 Å². The molecule has 98 valence electrons. The molecular weight excluding hydrogens is 232 g/mol. The molecule has 0 aliphatic rings. The predicted molar refractivity (Wildman–Crippen MR) is 83.2 cm³/mol. The van der Waals surface area contributed by atoms with Crippen LogP contribution in [0, 0.1) is 0 Å². The van der Waals surface area contributed by atoms with Crippen molar-refractivity contribution in [2.75, 3.05) is 19.0 Å². The summed E-state index contributed by atoms with van der Waals surface area (Å²) in [5.41, 5.74) is 3.57. The van der Waals surface area contributed by atoms with Crippen molar-refractivity contribution in [2.45, 2.75) is 13.0 Å². The van der Waals surface area contributed by atoms with Crippen molar-refractivity contribution in [3.8, 4) is 0 Å². The first kappa shape index (κ1) is 13.3. The molecule has 0 amide bonds. The second-order valence-corrected chi connectivity index (χ2v) is 4.85. The second-order valence-electron chi connectivity index (χ2n) is 4.85. The van der Waals surface area contributed by atoms with E-state index in [0.717, 1.165) is 5.56 Å². The van der Waals surface area contributed by atoms with E-state index in [0.29, 0.717) is 0 Å². The number of anilines is 1. The number of nitrogens with zero attached hydrogens (tertiary/aromatic N) is 2. The Morgan fingerprint density at radius 1 is 0.947 bits per heavy atom. The number of rotatable bonds is 4. The van der Waals surface area contributed by atoms with E-state index in [2.05, 4.69) is 53.2 Å². The molecule has 0 heterocycles. The maximum Gasteiger partial charge on any atom is 0.0721 e. The summed E-state index contributed by atoms with van der Waals surface area (Å²) in [4.78, 5) is 6.69. The van der Waals surface area contributed by atoms with Crippen molar-refractivity contribution in [1.29, 1.82) is 0 Å². The van der Waals surface area contributed by atoms with Gasteiger partial charge in [-0.15, -0.1) is 0 Å². The van der Waals surface area contributed by atoms with Crippen LogP contribution < -0.4 is 4.90 Å². The van der Waals surface area contributed by atoms with Gasteiger partial charge >= 0.3 is 0 Å². The zero-order valence-corrected chi connectivity index (χ0v) is 11.7. The highest BCUT2D eigenvalue weighted by Crippen LogP contribution is 2.16. The van der Waals surface area contributed by atoms with Crippen molar-refractivity contribution >= 4 is 11.9 Å². The number of hydrogen-bond acceptors (Lipinski definition) is 2. The van der Waals surface area contributed by atoms with E-state index in [-0.39, 0.29) is 6.04 Å². The molecule has 2 nitrogen and oxygen atoms in total. The van der Waals surface area contributed by atoms with Crippen LogP contribution in [0.1, 0.15) is 24.1 Å². The van der Waals surface area contributed by atoms with E-state index in [9.17, 15) is 0 Å². The molecule has 0 aromatic heterocycles. The Hall–Kier alpha value is -2.09. The molecule has 0 spiro atoms. The molecule has 1 atom stereocenters. The van der Waals surface area contributed by atoms with Crippen LogP contribution >= 0.6 is 0 Å². The van der Waals surface area contributed by atoms with Crippen molar-refractivity contribution < 1.29 is 0 Å². The van der Waals surface area contributed by atoms with Gasteiger partial charge in [-0.3, -0.25) is 4.99 Å². The lowest BCUT2D eigenvalue weighted by Crippen LogP contribution is -2.08. The van der Waals surface area contributed by atoms with Crippen LogP contribution in [0.25, 0.3) is 0 Å². The van der Waals surface area contributed by atoms with Crippen molar-refractivity contribution in [3.63, 3.8) is 0 Å². The fourth-order valence-corrected chi connectivity index (χ4v) is 1.87. The highest BCUT2D eigenvalue weighted by molar-refractivity contribution is 5.80. The zero-order chi connectivity index (χ0) is 13.7. The first-order valence-electron chi connectivity index (χ1n) is 6.52. The van der Waals surface area contributed by atoms with Crippen LogP contribution in [-0.2, 0) is 0 Å². The molecule has 2 aromatic rings. The molecule has 2 heteroatoms. The highest BCUT2D eigenvalue weighted by atomic mass is 15.1. The third-order valence-electron chi connectivity index (χ3n) is 3.14. The van der Waals surface area contributed by atoms with Crippen LogP contribution in [0.2, 0.25) is 0 Å². The molecule has 2 rings (SSSR count). The van der Waals surface area contributed by atoms with Crippen molar-refractivity contribution in [1.82, 2.24) is 0 Å². The van der Waals surface area contributed by atoms with Gasteiger partial charge in [-0.25, -0.2) is 0 Å². The van der Waals surface area contributed by atoms with Gasteiger partial charge in [0, 0.05) is 26.0 Å². The fourth-order valence-electron chi connectivity index (χ4n) is 1.87. The normalized spacial score (nSPS) is 12.6. The third kappa shape index (κ3) is 3.68. The molecule has 0 saturated carbocycles. The topological polar surface area (TPSA) is 15.6 Å². The van der Waals surface area contributed by atoms with Crippen LogP contribution in [0.5, 0.6) is 0 Å². The summed E-state index contributed by atoms with van der Waals surface area (Å²) in [5.74, 6) is 0. The van der Waals surface area contributed by atoms with Gasteiger partial charge in [0.1, 0.15) is 0 Å². The maximum atomic E-state index is 4.60. The van der Waals surface area contributed by atoms with Crippen LogP contribution in [0.15, 0.2) is 59.6 Å². The van der Waals surface area contributed by atoms with Gasteiger partial charge in [-0.2, -0.15) is 0 Å². The molecule has 0 aliphatic heterocycles. The molecule has 0 aliphatic carbocycles. The average Bonchev–Trinajstić information content (AvgIpc) is 2.46. The number of aliphatic imine (C=N–C) groups is 1. The summed E-state index contributed by atoms with van der Waals surface area (Å²) in [6.45, 7) is 2.11. The Morgan fingerprint density at radius 2 is 1.58 bits per heavy atom. The van der Waals surface area contributed by atoms with E-state index >= 15 is 0 Å². The molecule has 0 fully saturated rings. The van der Waals surface area contributed by atoms with Gasteiger partial charge in [-0.1, -0.05) is 42.5 Å². The molecule has 0 saturated heterocycles. The smallest absolute Gasteiger partial charge is 0.0721 e. The Bertz CT molecular complexity index is 527. The molecule has 0 N–H and O–H groups in total. The average molecular weight is 252 g/mol. The zero-order valence-electron chi connectivity index (χ0n) is 11.7. The first-order valence-corrected chi connectivity index (χ1v) is 6.52. The van der Waals surface area contributed by atoms with E-state index in [4.69, 9.17) is 0 Å². The Morgan fingerprint density at radius 3 is 2.16 bits per heavy atom. The second kappa shape index (κ2) is 6.19. The molecule has 19 heavy (non-hydrogen) atoms. The summed E-state index contributed by atoms with van der Waals surface area (Å²) in [5, 5.41) is 0. The molecule has 0 radical (unpaired) electrons. The SMILES string of the molecule is C[C@@H](N=Cc1ccc(N(C)C)cc1)c1ccccc1. The molecule has 2 aromatic carbocycles. The van der Waals surface area contributed by atoms with Gasteiger partial charge in [0.05, 0.1) is 6.04 Å². The summed E-state index contributed by atoms with van der Waals surface area (Å²) in [6.07, 6.45) is 1.94. The van der Waals surface area contributed by atoms with Gasteiger partial charge in [0.2, 0.25) is 0 Å². The van der Waals surface area contributed by atoms with Crippen molar-refractivity contribution in [3.05, 3.63) is 65.7 Å². The van der Waals surface area contributed by atoms with Gasteiger partial charge in [0.25, 0.3) is 0 Å². The minimum absolute atomic E-state index is 0.190. The van der Waals surface area contributed by atoms with E-state index in [1.165, 1.54) is 11.3 Å². The Balaban J connectivity index is 2.06. The van der Waals surface area contributed by atoms with E-state index in [1.807, 2.05) is 38.5 Å². The molecule has 0 unspecified atom stereocenters. The van der Waals surface area contributed by atoms with E-state index in [1.54, 1.807) is 0 Å². The van der Waals surface area contributed by atoms with Crippen LogP contribution in [0.4, 0.5) is 5.69 Å². The third-order valence-corrected chi connectivity index (χ3v) is 3.14. The highest BCUT2D eigenvalue weighted by Gasteiger charge is 2.00. The minimum Gasteiger partial charge on any atom is -0.378 e. The minimum atomic E-state index is 0.190. The quantitative estimate of drug-likeness (QED) is 0.753. The lowest BCUT2D eigenvalue weighted by atomic mass is 10.1. The van der Waals surface area contributed by atoms with Crippen LogP contribution in [0.3, 0.4) is 0 Å². The predicted octanol–water partition coefficient (Wildman–Crippen LogP) is 3.93. The maximum absolute atomic E-state index is 4.60. The summed E-state index contributed by atoms with van der Waals surface area (Å²) in [6, 6.07) is 18.9. The fraction of sp³-hybridized carbons (Fsp3) is 0.235. The van der Waals surface area contributed by atoms with Gasteiger partial charge < -0.3 is 4.90 Å². The Labute approximate surface area is 115 Å². The largest absolute Gasteiger partial charge is 0.378 e. The van der Waals surface area contributed by atoms with Crippen molar-refractivity contribution in [2.24, 2.45) is 4.99 Å². The van der Waals surface area contributed by atoms with Gasteiger partial charge in [0.15, 0.2) is 0 Å².